The quantitative estimate of drug-likeness (QED) is 0.541. The Hall–Kier alpha value is -0.170. The molecule has 0 aliphatic carbocycles. The van der Waals surface area contributed by atoms with Gasteiger partial charge in [0.2, 0.25) is 0 Å². The highest BCUT2D eigenvalue weighted by atomic mass is 32.2. The van der Waals surface area contributed by atoms with E-state index < -0.39 is 0 Å². The standard InChI is InChI=1S/C8H15N3OS2/c1-12-5-2-3-9-4-6-13-8-11-10-7-14-8/h7,9H,2-6H2,1H3. The summed E-state index contributed by atoms with van der Waals surface area (Å²) in [7, 11) is 1.73. The van der Waals surface area contributed by atoms with E-state index in [9.17, 15) is 0 Å². The summed E-state index contributed by atoms with van der Waals surface area (Å²) in [4.78, 5) is 0. The zero-order valence-electron chi connectivity index (χ0n) is 8.23. The first kappa shape index (κ1) is 11.9. The van der Waals surface area contributed by atoms with Crippen LogP contribution in [0.4, 0.5) is 0 Å². The average Bonchev–Trinajstić information content (AvgIpc) is 2.69. The van der Waals surface area contributed by atoms with Crippen LogP contribution in [0.5, 0.6) is 0 Å². The number of ether oxygens (including phenoxy) is 1. The van der Waals surface area contributed by atoms with E-state index >= 15 is 0 Å². The van der Waals surface area contributed by atoms with Crippen molar-refractivity contribution in [3.05, 3.63) is 5.51 Å². The molecule has 0 amide bonds. The summed E-state index contributed by atoms with van der Waals surface area (Å²) in [6.45, 7) is 2.86. The molecule has 0 saturated carbocycles. The average molecular weight is 233 g/mol. The maximum atomic E-state index is 4.95. The molecular weight excluding hydrogens is 218 g/mol. The second-order valence-electron chi connectivity index (χ2n) is 2.65. The number of hydrogen-bond donors (Lipinski definition) is 1. The van der Waals surface area contributed by atoms with Gasteiger partial charge in [0.05, 0.1) is 0 Å². The normalized spacial score (nSPS) is 10.6. The third kappa shape index (κ3) is 5.54. The molecule has 0 aromatic carbocycles. The van der Waals surface area contributed by atoms with Crippen LogP contribution >= 0.6 is 23.1 Å². The molecule has 1 aromatic rings. The van der Waals surface area contributed by atoms with Gasteiger partial charge >= 0.3 is 0 Å². The van der Waals surface area contributed by atoms with Crippen LogP contribution in [0.15, 0.2) is 9.85 Å². The van der Waals surface area contributed by atoms with Crippen LogP contribution in [0, 0.1) is 0 Å². The lowest BCUT2D eigenvalue weighted by Gasteiger charge is -2.02. The van der Waals surface area contributed by atoms with E-state index in [0.717, 1.165) is 36.2 Å². The third-order valence-corrected chi connectivity index (χ3v) is 3.41. The minimum absolute atomic E-state index is 0.830. The predicted octanol–water partition coefficient (Wildman–Crippen LogP) is 1.26. The molecule has 1 N–H and O–H groups in total. The van der Waals surface area contributed by atoms with E-state index in [1.807, 2.05) is 0 Å². The first-order valence-corrected chi connectivity index (χ1v) is 6.38. The molecule has 1 rings (SSSR count). The minimum Gasteiger partial charge on any atom is -0.385 e. The summed E-state index contributed by atoms with van der Waals surface area (Å²) in [5.74, 6) is 1.04. The van der Waals surface area contributed by atoms with Gasteiger partial charge in [-0.15, -0.1) is 10.2 Å². The van der Waals surface area contributed by atoms with E-state index in [2.05, 4.69) is 15.5 Å². The first-order valence-electron chi connectivity index (χ1n) is 4.52. The Labute approximate surface area is 92.5 Å². The smallest absolute Gasteiger partial charge is 0.174 e. The lowest BCUT2D eigenvalue weighted by atomic mass is 10.4. The molecular formula is C8H15N3OS2. The number of rotatable bonds is 8. The highest BCUT2D eigenvalue weighted by molar-refractivity contribution is 8.01. The number of thioether (sulfide) groups is 1. The molecule has 14 heavy (non-hydrogen) atoms. The highest BCUT2D eigenvalue weighted by Crippen LogP contribution is 2.17. The predicted molar refractivity (Wildman–Crippen MR) is 60.0 cm³/mol. The topological polar surface area (TPSA) is 47.0 Å². The molecule has 0 saturated heterocycles. The van der Waals surface area contributed by atoms with E-state index in [0.29, 0.717) is 0 Å². The van der Waals surface area contributed by atoms with Gasteiger partial charge in [-0.3, -0.25) is 0 Å². The van der Waals surface area contributed by atoms with Crippen LogP contribution in [-0.2, 0) is 4.74 Å². The third-order valence-electron chi connectivity index (χ3n) is 1.55. The first-order chi connectivity index (χ1) is 6.93. The Balaban J connectivity index is 1.85. The van der Waals surface area contributed by atoms with Crippen LogP contribution in [0.25, 0.3) is 0 Å². The van der Waals surface area contributed by atoms with Gasteiger partial charge in [-0.25, -0.2) is 0 Å². The molecule has 1 heterocycles. The van der Waals surface area contributed by atoms with Crippen molar-refractivity contribution in [3.8, 4) is 0 Å². The summed E-state index contributed by atoms with van der Waals surface area (Å²) in [6.07, 6.45) is 1.07. The van der Waals surface area contributed by atoms with Crippen LogP contribution in [-0.4, -0.2) is 42.8 Å². The van der Waals surface area contributed by atoms with Gasteiger partial charge in [-0.05, 0) is 13.0 Å². The van der Waals surface area contributed by atoms with Crippen LogP contribution in [0.1, 0.15) is 6.42 Å². The molecule has 0 radical (unpaired) electrons. The lowest BCUT2D eigenvalue weighted by Crippen LogP contribution is -2.19. The Morgan fingerprint density at radius 1 is 1.57 bits per heavy atom. The largest absolute Gasteiger partial charge is 0.385 e. The van der Waals surface area contributed by atoms with E-state index in [1.54, 1.807) is 35.7 Å². The number of methoxy groups -OCH3 is 1. The molecule has 6 heteroatoms. The Bertz CT molecular complexity index is 218. The van der Waals surface area contributed by atoms with E-state index in [1.165, 1.54) is 0 Å². The van der Waals surface area contributed by atoms with Crippen molar-refractivity contribution in [2.75, 3.05) is 32.6 Å². The van der Waals surface area contributed by atoms with Crippen molar-refractivity contribution in [2.24, 2.45) is 0 Å². The summed E-state index contributed by atoms with van der Waals surface area (Å²) < 4.78 is 5.99. The SMILES string of the molecule is COCCCNCCSc1nncs1. The number of hydrogen-bond acceptors (Lipinski definition) is 6. The van der Waals surface area contributed by atoms with Gasteiger partial charge in [0.25, 0.3) is 0 Å². The van der Waals surface area contributed by atoms with Crippen molar-refractivity contribution >= 4 is 23.1 Å². The van der Waals surface area contributed by atoms with E-state index in [4.69, 9.17) is 4.74 Å². The molecule has 0 spiro atoms. The summed E-state index contributed by atoms with van der Waals surface area (Å²) in [5.41, 5.74) is 1.76. The van der Waals surface area contributed by atoms with Gasteiger partial charge in [-0.2, -0.15) is 0 Å². The lowest BCUT2D eigenvalue weighted by molar-refractivity contribution is 0.194. The molecule has 1 aromatic heterocycles. The Kier molecular flexibility index (Phi) is 6.94. The molecule has 0 atom stereocenters. The van der Waals surface area contributed by atoms with Crippen LogP contribution < -0.4 is 5.32 Å². The van der Waals surface area contributed by atoms with Gasteiger partial charge < -0.3 is 10.1 Å². The fourth-order valence-electron chi connectivity index (χ4n) is 0.903. The minimum atomic E-state index is 0.830. The van der Waals surface area contributed by atoms with Gasteiger partial charge in [-0.1, -0.05) is 23.1 Å². The zero-order valence-corrected chi connectivity index (χ0v) is 9.87. The second kappa shape index (κ2) is 8.16. The van der Waals surface area contributed by atoms with Crippen LogP contribution in [0.3, 0.4) is 0 Å². The summed E-state index contributed by atoms with van der Waals surface area (Å²) in [6, 6.07) is 0. The van der Waals surface area contributed by atoms with Crippen molar-refractivity contribution in [2.45, 2.75) is 10.8 Å². The second-order valence-corrected chi connectivity index (χ2v) is 4.82. The Morgan fingerprint density at radius 3 is 3.21 bits per heavy atom. The van der Waals surface area contributed by atoms with Crippen molar-refractivity contribution < 1.29 is 4.74 Å². The summed E-state index contributed by atoms with van der Waals surface area (Å²) >= 11 is 3.33. The Morgan fingerprint density at radius 2 is 2.50 bits per heavy atom. The van der Waals surface area contributed by atoms with Crippen molar-refractivity contribution in [1.82, 2.24) is 15.5 Å². The molecule has 0 fully saturated rings. The number of aromatic nitrogens is 2. The van der Waals surface area contributed by atoms with Gasteiger partial charge in [0, 0.05) is 26.0 Å². The maximum absolute atomic E-state index is 4.95. The summed E-state index contributed by atoms with van der Waals surface area (Å²) in [5, 5.41) is 11.1. The number of nitrogens with one attached hydrogen (secondary N) is 1. The van der Waals surface area contributed by atoms with Gasteiger partial charge in [0.15, 0.2) is 4.34 Å². The van der Waals surface area contributed by atoms with Crippen molar-refractivity contribution in [3.63, 3.8) is 0 Å². The molecule has 0 aliphatic rings. The highest BCUT2D eigenvalue weighted by Gasteiger charge is 1.96. The molecule has 4 nitrogen and oxygen atoms in total. The zero-order chi connectivity index (χ0) is 10.1. The fraction of sp³-hybridized carbons (Fsp3) is 0.750. The molecule has 0 bridgehead atoms. The molecule has 0 aliphatic heterocycles. The maximum Gasteiger partial charge on any atom is 0.174 e. The number of nitrogens with zero attached hydrogens (tertiary/aromatic N) is 2. The molecule has 80 valence electrons. The van der Waals surface area contributed by atoms with Crippen molar-refractivity contribution in [1.29, 1.82) is 0 Å². The van der Waals surface area contributed by atoms with Gasteiger partial charge in [0.1, 0.15) is 5.51 Å². The fourth-order valence-corrected chi connectivity index (χ4v) is 2.36. The van der Waals surface area contributed by atoms with E-state index in [-0.39, 0.29) is 0 Å². The van der Waals surface area contributed by atoms with Crippen LogP contribution in [0.2, 0.25) is 0 Å². The molecule has 0 unspecified atom stereocenters. The monoisotopic (exact) mass is 233 g/mol.